The van der Waals surface area contributed by atoms with E-state index in [2.05, 4.69) is 5.43 Å². The SMILES string of the molecule is CC1(C)CC(=O)NN1[C@@H](CCCCc1ccc(F)cc1)C(F)(F)F. The number of hydrazine groups is 1. The van der Waals surface area contributed by atoms with Crippen LogP contribution in [-0.2, 0) is 11.2 Å². The zero-order valence-electron chi connectivity index (χ0n) is 13.8. The average Bonchev–Trinajstić information content (AvgIpc) is 2.72. The monoisotopic (exact) mass is 346 g/mol. The van der Waals surface area contributed by atoms with E-state index in [9.17, 15) is 22.4 Å². The van der Waals surface area contributed by atoms with E-state index in [-0.39, 0.29) is 24.6 Å². The van der Waals surface area contributed by atoms with Crippen LogP contribution in [0, 0.1) is 5.82 Å². The van der Waals surface area contributed by atoms with Gasteiger partial charge in [0.1, 0.15) is 11.9 Å². The van der Waals surface area contributed by atoms with E-state index in [4.69, 9.17) is 0 Å². The van der Waals surface area contributed by atoms with E-state index in [1.807, 2.05) is 0 Å². The highest BCUT2D eigenvalue weighted by Crippen LogP contribution is 2.35. The highest BCUT2D eigenvalue weighted by molar-refractivity contribution is 5.78. The molecule has 0 aliphatic carbocycles. The Kier molecular flexibility index (Phi) is 5.52. The number of carbonyl (C=O) groups excluding carboxylic acids is 1. The summed E-state index contributed by atoms with van der Waals surface area (Å²) in [6, 6.07) is 4.26. The maximum atomic E-state index is 13.4. The normalized spacial score (nSPS) is 19.3. The van der Waals surface area contributed by atoms with Gasteiger partial charge in [0.15, 0.2) is 0 Å². The summed E-state index contributed by atoms with van der Waals surface area (Å²) in [4.78, 5) is 11.5. The number of halogens is 4. The molecule has 7 heteroatoms. The van der Waals surface area contributed by atoms with Crippen molar-refractivity contribution in [3.63, 3.8) is 0 Å². The molecule has 1 fully saturated rings. The molecule has 1 aromatic rings. The van der Waals surface area contributed by atoms with Gasteiger partial charge in [0, 0.05) is 12.0 Å². The Morgan fingerprint density at radius 1 is 1.21 bits per heavy atom. The summed E-state index contributed by atoms with van der Waals surface area (Å²) in [6.45, 7) is 3.25. The minimum atomic E-state index is -4.41. The largest absolute Gasteiger partial charge is 0.405 e. The molecule has 0 spiro atoms. The molecule has 1 aromatic carbocycles. The van der Waals surface area contributed by atoms with Crippen molar-refractivity contribution in [1.82, 2.24) is 10.4 Å². The standard InChI is InChI=1S/C17H22F4N2O/c1-16(2)11-15(24)22-23(16)14(17(19,20)21)6-4-3-5-12-7-9-13(18)10-8-12/h7-10,14H,3-6,11H2,1-2H3,(H,22,24)/t14-/m0/s1. The topological polar surface area (TPSA) is 32.3 Å². The Labute approximate surface area is 139 Å². The summed E-state index contributed by atoms with van der Waals surface area (Å²) in [7, 11) is 0. The number of nitrogens with zero attached hydrogens (tertiary/aromatic N) is 1. The third-order valence-electron chi connectivity index (χ3n) is 4.29. The second kappa shape index (κ2) is 7.09. The van der Waals surface area contributed by atoms with E-state index in [1.54, 1.807) is 26.0 Å². The summed E-state index contributed by atoms with van der Waals surface area (Å²) in [6.07, 6.45) is -2.92. The smallest absolute Gasteiger partial charge is 0.288 e. The number of hydrogen-bond donors (Lipinski definition) is 1. The van der Waals surface area contributed by atoms with Crippen LogP contribution in [0.25, 0.3) is 0 Å². The van der Waals surface area contributed by atoms with Crippen LogP contribution in [0.5, 0.6) is 0 Å². The third kappa shape index (κ3) is 4.69. The summed E-state index contributed by atoms with van der Waals surface area (Å²) >= 11 is 0. The van der Waals surface area contributed by atoms with E-state index in [0.29, 0.717) is 19.3 Å². The molecule has 0 radical (unpaired) electrons. The number of benzene rings is 1. The van der Waals surface area contributed by atoms with Gasteiger partial charge in [-0.3, -0.25) is 10.2 Å². The van der Waals surface area contributed by atoms with Crippen molar-refractivity contribution < 1.29 is 22.4 Å². The first-order valence-corrected chi connectivity index (χ1v) is 7.99. The molecule has 1 saturated heterocycles. The molecule has 1 heterocycles. The molecule has 0 unspecified atom stereocenters. The molecule has 1 aliphatic heterocycles. The molecule has 134 valence electrons. The Balaban J connectivity index is 1.93. The molecule has 0 aromatic heterocycles. The number of unbranched alkanes of at least 4 members (excludes halogenated alkanes) is 1. The van der Waals surface area contributed by atoms with Crippen molar-refractivity contribution in [2.45, 2.75) is 63.7 Å². The Bertz CT molecular complexity index is 569. The van der Waals surface area contributed by atoms with E-state index >= 15 is 0 Å². The number of rotatable bonds is 6. The number of nitrogens with one attached hydrogen (secondary N) is 1. The van der Waals surface area contributed by atoms with Gasteiger partial charge in [0.05, 0.1) is 0 Å². The van der Waals surface area contributed by atoms with Gasteiger partial charge in [-0.25, -0.2) is 9.40 Å². The van der Waals surface area contributed by atoms with Gasteiger partial charge in [-0.2, -0.15) is 13.2 Å². The quantitative estimate of drug-likeness (QED) is 0.624. The molecule has 1 atom stereocenters. The average molecular weight is 346 g/mol. The van der Waals surface area contributed by atoms with E-state index in [0.717, 1.165) is 10.6 Å². The van der Waals surface area contributed by atoms with Crippen LogP contribution in [0.15, 0.2) is 24.3 Å². The number of amides is 1. The van der Waals surface area contributed by atoms with Crippen molar-refractivity contribution in [2.75, 3.05) is 0 Å². The van der Waals surface area contributed by atoms with Crippen molar-refractivity contribution in [1.29, 1.82) is 0 Å². The Morgan fingerprint density at radius 3 is 2.33 bits per heavy atom. The number of hydrogen-bond acceptors (Lipinski definition) is 2. The minimum absolute atomic E-state index is 0.0508. The first-order chi connectivity index (χ1) is 11.1. The second-order valence-corrected chi connectivity index (χ2v) is 6.82. The molecule has 2 rings (SSSR count). The van der Waals surface area contributed by atoms with Gasteiger partial charge in [0.2, 0.25) is 5.91 Å². The molecule has 0 saturated carbocycles. The van der Waals surface area contributed by atoms with Crippen LogP contribution in [0.1, 0.15) is 45.1 Å². The van der Waals surface area contributed by atoms with Crippen molar-refractivity contribution >= 4 is 5.91 Å². The maximum Gasteiger partial charge on any atom is 0.405 e. The molecule has 24 heavy (non-hydrogen) atoms. The highest BCUT2D eigenvalue weighted by Gasteiger charge is 2.51. The van der Waals surface area contributed by atoms with Gasteiger partial charge >= 0.3 is 6.18 Å². The zero-order chi connectivity index (χ0) is 18.0. The lowest BCUT2D eigenvalue weighted by molar-refractivity contribution is -0.202. The van der Waals surface area contributed by atoms with Gasteiger partial charge in [0.25, 0.3) is 0 Å². The van der Waals surface area contributed by atoms with Crippen LogP contribution < -0.4 is 5.43 Å². The molecule has 3 nitrogen and oxygen atoms in total. The summed E-state index contributed by atoms with van der Waals surface area (Å²) in [5, 5.41) is 1.05. The Hall–Kier alpha value is -1.63. The Morgan fingerprint density at radius 2 is 1.83 bits per heavy atom. The fourth-order valence-corrected chi connectivity index (χ4v) is 3.06. The predicted octanol–water partition coefficient (Wildman–Crippen LogP) is 3.98. The van der Waals surface area contributed by atoms with E-state index in [1.165, 1.54) is 12.1 Å². The lowest BCUT2D eigenvalue weighted by Crippen LogP contribution is -2.56. The molecular weight excluding hydrogens is 324 g/mol. The van der Waals surface area contributed by atoms with Crippen LogP contribution in [0.3, 0.4) is 0 Å². The summed E-state index contributed by atoms with van der Waals surface area (Å²) in [5.41, 5.74) is 2.38. The van der Waals surface area contributed by atoms with E-state index < -0.39 is 17.8 Å². The molecule has 1 N–H and O–H groups in total. The number of alkyl halides is 3. The van der Waals surface area contributed by atoms with Gasteiger partial charge in [-0.15, -0.1) is 0 Å². The second-order valence-electron chi connectivity index (χ2n) is 6.82. The van der Waals surface area contributed by atoms with Crippen LogP contribution in [0.4, 0.5) is 17.6 Å². The third-order valence-corrected chi connectivity index (χ3v) is 4.29. The first kappa shape index (κ1) is 18.7. The maximum absolute atomic E-state index is 13.4. The van der Waals surface area contributed by atoms with Gasteiger partial charge in [-0.1, -0.05) is 18.6 Å². The van der Waals surface area contributed by atoms with Gasteiger partial charge in [-0.05, 0) is 50.8 Å². The number of carbonyl (C=O) groups is 1. The number of aryl methyl sites for hydroxylation is 1. The van der Waals surface area contributed by atoms with Crippen molar-refractivity contribution in [2.24, 2.45) is 0 Å². The highest BCUT2D eigenvalue weighted by atomic mass is 19.4. The van der Waals surface area contributed by atoms with Crippen molar-refractivity contribution in [3.05, 3.63) is 35.6 Å². The molecule has 0 bridgehead atoms. The molecular formula is C17H22F4N2O. The fraction of sp³-hybridized carbons (Fsp3) is 0.588. The van der Waals surface area contributed by atoms with Crippen LogP contribution in [0.2, 0.25) is 0 Å². The minimum Gasteiger partial charge on any atom is -0.288 e. The molecule has 1 aliphatic rings. The zero-order valence-corrected chi connectivity index (χ0v) is 13.8. The van der Waals surface area contributed by atoms with Gasteiger partial charge < -0.3 is 0 Å². The van der Waals surface area contributed by atoms with Crippen molar-refractivity contribution in [3.8, 4) is 0 Å². The summed E-state index contributed by atoms with van der Waals surface area (Å²) < 4.78 is 53.0. The predicted molar refractivity (Wildman–Crippen MR) is 82.5 cm³/mol. The lowest BCUT2D eigenvalue weighted by atomic mass is 9.97. The molecule has 1 amide bonds. The summed E-state index contributed by atoms with van der Waals surface area (Å²) in [5.74, 6) is -0.719. The van der Waals surface area contributed by atoms with Crippen LogP contribution >= 0.6 is 0 Å². The lowest BCUT2D eigenvalue weighted by Gasteiger charge is -2.37. The first-order valence-electron chi connectivity index (χ1n) is 7.99. The fourth-order valence-electron chi connectivity index (χ4n) is 3.06. The van der Waals surface area contributed by atoms with Crippen LogP contribution in [-0.4, -0.2) is 28.7 Å².